The van der Waals surface area contributed by atoms with E-state index in [4.69, 9.17) is 28.2 Å². The molecule has 1 N–H and O–H groups in total. The summed E-state index contributed by atoms with van der Waals surface area (Å²) in [6.45, 7) is 0.188. The summed E-state index contributed by atoms with van der Waals surface area (Å²) in [5.41, 5.74) is 1.92. The van der Waals surface area contributed by atoms with Crippen LogP contribution >= 0.6 is 0 Å². The molecule has 2 aromatic carbocycles. The first-order chi connectivity index (χ1) is 14.6. The first kappa shape index (κ1) is 19.6. The quantitative estimate of drug-likeness (QED) is 0.602. The second-order valence-corrected chi connectivity index (χ2v) is 6.39. The fourth-order valence-corrected chi connectivity index (χ4v) is 2.89. The number of methoxy groups -OCH3 is 2. The highest BCUT2D eigenvalue weighted by Gasteiger charge is 2.16. The smallest absolute Gasteiger partial charge is 0.250 e. The summed E-state index contributed by atoms with van der Waals surface area (Å²) in [4.78, 5) is 12.1. The Kier molecular flexibility index (Phi) is 5.71. The molecule has 2 heterocycles. The van der Waals surface area contributed by atoms with Crippen molar-refractivity contribution in [2.45, 2.75) is 6.61 Å². The van der Waals surface area contributed by atoms with Crippen LogP contribution in [0.15, 0.2) is 47.0 Å². The molecule has 30 heavy (non-hydrogen) atoms. The van der Waals surface area contributed by atoms with E-state index in [0.29, 0.717) is 40.1 Å². The van der Waals surface area contributed by atoms with Gasteiger partial charge in [-0.25, -0.2) is 0 Å². The van der Waals surface area contributed by atoms with E-state index in [0.717, 1.165) is 5.56 Å². The third kappa shape index (κ3) is 4.47. The zero-order chi connectivity index (χ0) is 20.9. The molecule has 0 bridgehead atoms. The largest absolute Gasteiger partial charge is 0.497 e. The molecule has 9 heteroatoms. The molecule has 1 aliphatic rings. The van der Waals surface area contributed by atoms with E-state index in [9.17, 15) is 4.79 Å². The van der Waals surface area contributed by atoms with Crippen molar-refractivity contribution in [1.82, 2.24) is 5.16 Å². The van der Waals surface area contributed by atoms with Crippen LogP contribution < -0.4 is 24.3 Å². The van der Waals surface area contributed by atoms with Crippen LogP contribution in [0.3, 0.4) is 0 Å². The van der Waals surface area contributed by atoms with E-state index in [1.165, 1.54) is 0 Å². The Morgan fingerprint density at radius 3 is 2.57 bits per heavy atom. The van der Waals surface area contributed by atoms with Crippen LogP contribution in [0.25, 0.3) is 11.3 Å². The number of hydrogen-bond acceptors (Lipinski definition) is 8. The maximum atomic E-state index is 12.1. The normalized spacial score (nSPS) is 11.9. The summed E-state index contributed by atoms with van der Waals surface area (Å²) in [5, 5.41) is 6.71. The number of carbonyl (C=O) groups excluding carboxylic acids is 1. The van der Waals surface area contributed by atoms with Gasteiger partial charge in [0.1, 0.15) is 23.8 Å². The number of fused-ring (bicyclic) bond motifs is 1. The molecule has 0 unspecified atom stereocenters. The molecule has 0 spiro atoms. The lowest BCUT2D eigenvalue weighted by Gasteiger charge is -2.09. The van der Waals surface area contributed by atoms with Crippen molar-refractivity contribution in [3.05, 3.63) is 48.2 Å². The molecule has 0 saturated heterocycles. The Bertz CT molecular complexity index is 1030. The average Bonchev–Trinajstić information content (AvgIpc) is 3.42. The van der Waals surface area contributed by atoms with E-state index in [1.807, 2.05) is 18.2 Å². The summed E-state index contributed by atoms with van der Waals surface area (Å²) >= 11 is 0. The number of benzene rings is 2. The molecule has 1 amide bonds. The number of rotatable bonds is 8. The fraction of sp³-hybridized carbons (Fsp3) is 0.238. The van der Waals surface area contributed by atoms with Gasteiger partial charge in [-0.1, -0.05) is 5.16 Å². The monoisotopic (exact) mass is 412 g/mol. The van der Waals surface area contributed by atoms with Crippen molar-refractivity contribution < 1.29 is 33.0 Å². The minimum Gasteiger partial charge on any atom is -0.497 e. The fourth-order valence-electron chi connectivity index (χ4n) is 2.89. The topological polar surface area (TPSA) is 101 Å². The molecular weight excluding hydrogens is 392 g/mol. The molecule has 0 radical (unpaired) electrons. The number of aromatic nitrogens is 1. The third-order valence-electron chi connectivity index (χ3n) is 4.33. The van der Waals surface area contributed by atoms with Gasteiger partial charge in [0.25, 0.3) is 0 Å². The molecule has 0 fully saturated rings. The molecule has 0 saturated carbocycles. The Hall–Kier alpha value is -3.72. The molecule has 1 aromatic heterocycles. The first-order valence-corrected chi connectivity index (χ1v) is 9.11. The number of anilines is 1. The molecule has 3 aromatic rings. The van der Waals surface area contributed by atoms with E-state index in [-0.39, 0.29) is 25.9 Å². The summed E-state index contributed by atoms with van der Waals surface area (Å²) in [6, 6.07) is 12.3. The molecule has 0 atom stereocenters. The van der Waals surface area contributed by atoms with Crippen LogP contribution in [0.2, 0.25) is 0 Å². The Morgan fingerprint density at radius 1 is 1.03 bits per heavy atom. The second kappa shape index (κ2) is 8.75. The molecule has 4 rings (SSSR count). The van der Waals surface area contributed by atoms with Gasteiger partial charge in [-0.3, -0.25) is 4.79 Å². The Labute approximate surface area is 172 Å². The lowest BCUT2D eigenvalue weighted by molar-refractivity contribution is -0.121. The Balaban J connectivity index is 1.30. The summed E-state index contributed by atoms with van der Waals surface area (Å²) in [7, 11) is 3.08. The van der Waals surface area contributed by atoms with Gasteiger partial charge < -0.3 is 33.5 Å². The maximum Gasteiger partial charge on any atom is 0.250 e. The maximum absolute atomic E-state index is 12.1. The number of amides is 1. The minimum atomic E-state index is -0.315. The molecule has 9 nitrogen and oxygen atoms in total. The number of ether oxygens (including phenoxy) is 5. The van der Waals surface area contributed by atoms with Crippen molar-refractivity contribution in [2.24, 2.45) is 0 Å². The van der Waals surface area contributed by atoms with Crippen LogP contribution in [0.1, 0.15) is 5.69 Å². The highest BCUT2D eigenvalue weighted by atomic mass is 16.7. The SMILES string of the molecule is COc1cc(NC(=O)COCc2cc(-c3ccc4c(c3)OCO4)on2)cc(OC)c1. The van der Waals surface area contributed by atoms with Gasteiger partial charge >= 0.3 is 0 Å². The van der Waals surface area contributed by atoms with E-state index < -0.39 is 0 Å². The molecule has 0 aliphatic carbocycles. The average molecular weight is 412 g/mol. The Morgan fingerprint density at radius 2 is 1.80 bits per heavy atom. The standard InChI is InChI=1S/C21H20N2O7/c1-25-16-6-14(7-17(9-16)26-2)22-21(24)11-27-10-15-8-19(30-23-15)13-3-4-18-20(5-13)29-12-28-18/h3-9H,10-12H2,1-2H3,(H,22,24). The molecular formula is C21H20N2O7. The van der Waals surface area contributed by atoms with Crippen molar-refractivity contribution in [2.75, 3.05) is 32.9 Å². The van der Waals surface area contributed by atoms with Crippen LogP contribution in [0.5, 0.6) is 23.0 Å². The van der Waals surface area contributed by atoms with E-state index in [2.05, 4.69) is 10.5 Å². The summed E-state index contributed by atoms with van der Waals surface area (Å²) in [6.07, 6.45) is 0. The van der Waals surface area contributed by atoms with Gasteiger partial charge in [0.05, 0.1) is 20.8 Å². The van der Waals surface area contributed by atoms with Gasteiger partial charge in [-0.2, -0.15) is 0 Å². The van der Waals surface area contributed by atoms with Crippen LogP contribution in [-0.4, -0.2) is 38.7 Å². The zero-order valence-electron chi connectivity index (χ0n) is 16.5. The van der Waals surface area contributed by atoms with Crippen LogP contribution in [0, 0.1) is 0 Å². The summed E-state index contributed by atoms with van der Waals surface area (Å²) < 4.78 is 31.8. The van der Waals surface area contributed by atoms with Gasteiger partial charge in [-0.05, 0) is 18.2 Å². The third-order valence-corrected chi connectivity index (χ3v) is 4.33. The first-order valence-electron chi connectivity index (χ1n) is 9.11. The number of hydrogen-bond donors (Lipinski definition) is 1. The predicted octanol–water partition coefficient (Wildman–Crippen LogP) is 3.24. The minimum absolute atomic E-state index is 0.128. The van der Waals surface area contributed by atoms with Gasteiger partial charge in [0.2, 0.25) is 12.7 Å². The predicted molar refractivity (Wildman–Crippen MR) is 106 cm³/mol. The van der Waals surface area contributed by atoms with Gasteiger partial charge in [0.15, 0.2) is 17.3 Å². The highest BCUT2D eigenvalue weighted by Crippen LogP contribution is 2.36. The number of nitrogens with one attached hydrogen (secondary N) is 1. The number of nitrogens with zero attached hydrogens (tertiary/aromatic N) is 1. The van der Waals surface area contributed by atoms with Crippen molar-refractivity contribution in [3.8, 4) is 34.3 Å². The van der Waals surface area contributed by atoms with Crippen LogP contribution in [-0.2, 0) is 16.1 Å². The van der Waals surface area contributed by atoms with Gasteiger partial charge in [-0.15, -0.1) is 0 Å². The zero-order valence-corrected chi connectivity index (χ0v) is 16.5. The van der Waals surface area contributed by atoms with Crippen LogP contribution in [0.4, 0.5) is 5.69 Å². The lowest BCUT2D eigenvalue weighted by atomic mass is 10.1. The van der Waals surface area contributed by atoms with E-state index in [1.54, 1.807) is 38.5 Å². The molecule has 156 valence electrons. The van der Waals surface area contributed by atoms with Crippen molar-refractivity contribution in [3.63, 3.8) is 0 Å². The van der Waals surface area contributed by atoms with Gasteiger partial charge in [0, 0.05) is 35.5 Å². The number of carbonyl (C=O) groups is 1. The summed E-state index contributed by atoms with van der Waals surface area (Å²) in [5.74, 6) is 2.76. The van der Waals surface area contributed by atoms with Crippen molar-refractivity contribution >= 4 is 11.6 Å². The van der Waals surface area contributed by atoms with E-state index >= 15 is 0 Å². The second-order valence-electron chi connectivity index (χ2n) is 6.39. The molecule has 1 aliphatic heterocycles. The van der Waals surface area contributed by atoms with Crippen molar-refractivity contribution in [1.29, 1.82) is 0 Å². The highest BCUT2D eigenvalue weighted by molar-refractivity contribution is 5.92. The lowest BCUT2D eigenvalue weighted by Crippen LogP contribution is -2.18.